The minimum atomic E-state index is -3.67. The average Bonchev–Trinajstić information content (AvgIpc) is 2.44. The highest BCUT2D eigenvalue weighted by atomic mass is 32.2. The van der Waals surface area contributed by atoms with Gasteiger partial charge in [-0.15, -0.1) is 0 Å². The molecule has 0 aliphatic heterocycles. The maximum absolute atomic E-state index is 11.9. The number of nitrogens with one attached hydrogen (secondary N) is 1. The van der Waals surface area contributed by atoms with Crippen LogP contribution < -0.4 is 10.5 Å². The van der Waals surface area contributed by atoms with Gasteiger partial charge in [0.05, 0.1) is 11.5 Å². The highest BCUT2D eigenvalue weighted by Gasteiger charge is 2.14. The van der Waals surface area contributed by atoms with Crippen LogP contribution >= 0.6 is 0 Å². The molecule has 1 aromatic carbocycles. The Balaban J connectivity index is 2.53. The minimum Gasteiger partial charge on any atom is -0.466 e. The van der Waals surface area contributed by atoms with Gasteiger partial charge in [0, 0.05) is 18.5 Å². The molecule has 0 aliphatic rings. The molecule has 0 saturated carbocycles. The number of hydrogen-bond donors (Lipinski definition) is 2. The molecular weight excluding hydrogens is 296 g/mol. The van der Waals surface area contributed by atoms with Crippen LogP contribution in [0.2, 0.25) is 0 Å². The number of nitrogens with two attached hydrogens (primary N) is 1. The summed E-state index contributed by atoms with van der Waals surface area (Å²) in [6, 6.07) is 5.28. The third-order valence-electron chi connectivity index (χ3n) is 2.60. The van der Waals surface area contributed by atoms with Gasteiger partial charge in [-0.05, 0) is 37.6 Å². The summed E-state index contributed by atoms with van der Waals surface area (Å²) in [7, 11) is -3.67. The van der Waals surface area contributed by atoms with Crippen molar-refractivity contribution in [3.63, 3.8) is 0 Å². The third kappa shape index (κ3) is 5.52. The van der Waals surface area contributed by atoms with E-state index in [4.69, 9.17) is 10.5 Å². The van der Waals surface area contributed by atoms with Crippen molar-refractivity contribution in [2.45, 2.75) is 24.7 Å². The van der Waals surface area contributed by atoms with Crippen LogP contribution in [-0.2, 0) is 19.6 Å². The van der Waals surface area contributed by atoms with Gasteiger partial charge >= 0.3 is 5.97 Å². The Morgan fingerprint density at radius 3 is 2.38 bits per heavy atom. The number of ether oxygens (including phenoxy) is 1. The predicted molar refractivity (Wildman–Crippen MR) is 76.0 cm³/mol. The second kappa shape index (κ2) is 7.75. The molecule has 1 rings (SSSR count). The van der Waals surface area contributed by atoms with Crippen molar-refractivity contribution in [1.82, 2.24) is 4.72 Å². The second-order valence-corrected chi connectivity index (χ2v) is 5.96. The van der Waals surface area contributed by atoms with Crippen molar-refractivity contribution < 1.29 is 22.7 Å². The Kier molecular flexibility index (Phi) is 6.32. The topological polar surface area (TPSA) is 116 Å². The largest absolute Gasteiger partial charge is 0.466 e. The Labute approximate surface area is 123 Å². The lowest BCUT2D eigenvalue weighted by Crippen LogP contribution is -2.25. The van der Waals surface area contributed by atoms with Crippen molar-refractivity contribution >= 4 is 21.9 Å². The van der Waals surface area contributed by atoms with Crippen molar-refractivity contribution in [3.8, 4) is 0 Å². The van der Waals surface area contributed by atoms with E-state index >= 15 is 0 Å². The first-order valence-corrected chi connectivity index (χ1v) is 7.90. The lowest BCUT2D eigenvalue weighted by molar-refractivity contribution is -0.143. The predicted octanol–water partition coefficient (Wildman–Crippen LogP) is 0.407. The fourth-order valence-electron chi connectivity index (χ4n) is 1.55. The number of primary amides is 1. The average molecular weight is 314 g/mol. The number of hydrogen-bond acceptors (Lipinski definition) is 5. The molecule has 0 bridgehead atoms. The molecule has 0 radical (unpaired) electrons. The van der Waals surface area contributed by atoms with Crippen molar-refractivity contribution in [2.24, 2.45) is 5.73 Å². The molecule has 1 aromatic rings. The normalized spacial score (nSPS) is 11.1. The van der Waals surface area contributed by atoms with Crippen LogP contribution in [0.15, 0.2) is 29.2 Å². The maximum Gasteiger partial charge on any atom is 0.305 e. The summed E-state index contributed by atoms with van der Waals surface area (Å²) in [6.45, 7) is 2.13. The fourth-order valence-corrected chi connectivity index (χ4v) is 2.63. The molecule has 7 nitrogen and oxygen atoms in total. The van der Waals surface area contributed by atoms with Crippen LogP contribution in [0.5, 0.6) is 0 Å². The van der Waals surface area contributed by atoms with Gasteiger partial charge < -0.3 is 10.5 Å². The second-order valence-electron chi connectivity index (χ2n) is 4.19. The molecule has 21 heavy (non-hydrogen) atoms. The summed E-state index contributed by atoms with van der Waals surface area (Å²) in [6.07, 6.45) is 0.494. The summed E-state index contributed by atoms with van der Waals surface area (Å²) in [4.78, 5) is 22.0. The van der Waals surface area contributed by atoms with Crippen molar-refractivity contribution in [2.75, 3.05) is 13.2 Å². The van der Waals surface area contributed by atoms with E-state index in [0.29, 0.717) is 13.0 Å². The Morgan fingerprint density at radius 1 is 1.24 bits per heavy atom. The SMILES string of the molecule is CCOC(=O)CCCNS(=O)(=O)c1ccc(C(N)=O)cc1. The van der Waals surface area contributed by atoms with Crippen LogP contribution in [0.3, 0.4) is 0 Å². The molecular formula is C13H18N2O5S. The van der Waals surface area contributed by atoms with E-state index in [1.165, 1.54) is 24.3 Å². The molecule has 3 N–H and O–H groups in total. The lowest BCUT2D eigenvalue weighted by atomic mass is 10.2. The van der Waals surface area contributed by atoms with Crippen LogP contribution in [0.25, 0.3) is 0 Å². The summed E-state index contributed by atoms with van der Waals surface area (Å²) in [5.74, 6) is -0.983. The molecule has 0 spiro atoms. The number of amides is 1. The molecule has 0 saturated heterocycles. The monoisotopic (exact) mass is 314 g/mol. The van der Waals surface area contributed by atoms with E-state index in [9.17, 15) is 18.0 Å². The molecule has 0 fully saturated rings. The first-order valence-electron chi connectivity index (χ1n) is 6.42. The summed E-state index contributed by atoms with van der Waals surface area (Å²) >= 11 is 0. The highest BCUT2D eigenvalue weighted by Crippen LogP contribution is 2.10. The van der Waals surface area contributed by atoms with Crippen LogP contribution in [0.1, 0.15) is 30.1 Å². The molecule has 116 valence electrons. The number of esters is 1. The summed E-state index contributed by atoms with van der Waals surface area (Å²) in [5, 5.41) is 0. The van der Waals surface area contributed by atoms with E-state index in [1.54, 1.807) is 6.92 Å². The van der Waals surface area contributed by atoms with Crippen molar-refractivity contribution in [3.05, 3.63) is 29.8 Å². The van der Waals surface area contributed by atoms with Crippen LogP contribution in [0.4, 0.5) is 0 Å². The Bertz CT molecular complexity index is 595. The fraction of sp³-hybridized carbons (Fsp3) is 0.385. The smallest absolute Gasteiger partial charge is 0.305 e. The Morgan fingerprint density at radius 2 is 1.86 bits per heavy atom. The number of carbonyl (C=O) groups excluding carboxylic acids is 2. The van der Waals surface area contributed by atoms with Crippen LogP contribution in [-0.4, -0.2) is 33.4 Å². The van der Waals surface area contributed by atoms with Gasteiger partial charge in [0.15, 0.2) is 0 Å². The van der Waals surface area contributed by atoms with E-state index < -0.39 is 15.9 Å². The number of rotatable bonds is 8. The van der Waals surface area contributed by atoms with Gasteiger partial charge in [-0.25, -0.2) is 13.1 Å². The Hall–Kier alpha value is -1.93. The van der Waals surface area contributed by atoms with Gasteiger partial charge in [-0.1, -0.05) is 0 Å². The van der Waals surface area contributed by atoms with Gasteiger partial charge in [0.1, 0.15) is 0 Å². The maximum atomic E-state index is 11.9. The van der Waals surface area contributed by atoms with E-state index in [0.717, 1.165) is 0 Å². The molecule has 8 heteroatoms. The zero-order valence-corrected chi connectivity index (χ0v) is 12.5. The zero-order chi connectivity index (χ0) is 15.9. The molecule has 0 heterocycles. The van der Waals surface area contributed by atoms with Crippen molar-refractivity contribution in [1.29, 1.82) is 0 Å². The van der Waals surface area contributed by atoms with Gasteiger partial charge in [0.2, 0.25) is 15.9 Å². The first kappa shape index (κ1) is 17.1. The zero-order valence-electron chi connectivity index (χ0n) is 11.7. The summed E-state index contributed by atoms with van der Waals surface area (Å²) < 4.78 is 31.0. The first-order chi connectivity index (χ1) is 9.86. The van der Waals surface area contributed by atoms with E-state index in [1.807, 2.05) is 0 Å². The highest BCUT2D eigenvalue weighted by molar-refractivity contribution is 7.89. The van der Waals surface area contributed by atoms with Gasteiger partial charge in [-0.3, -0.25) is 9.59 Å². The quantitative estimate of drug-likeness (QED) is 0.532. The van der Waals surface area contributed by atoms with Gasteiger partial charge in [0.25, 0.3) is 0 Å². The molecule has 1 amide bonds. The number of carbonyl (C=O) groups is 2. The minimum absolute atomic E-state index is 0.0311. The van der Waals surface area contributed by atoms with E-state index in [2.05, 4.69) is 4.72 Å². The third-order valence-corrected chi connectivity index (χ3v) is 4.08. The lowest BCUT2D eigenvalue weighted by Gasteiger charge is -2.07. The van der Waals surface area contributed by atoms with Gasteiger partial charge in [-0.2, -0.15) is 0 Å². The number of sulfonamides is 1. The molecule has 0 unspecified atom stereocenters. The molecule has 0 aromatic heterocycles. The molecule has 0 atom stereocenters. The molecule has 0 aliphatic carbocycles. The van der Waals surface area contributed by atoms with Crippen LogP contribution in [0, 0.1) is 0 Å². The number of benzene rings is 1. The standard InChI is InChI=1S/C13H18N2O5S/c1-2-20-12(16)4-3-9-15-21(18,19)11-7-5-10(6-8-11)13(14)17/h5-8,15H,2-4,9H2,1H3,(H2,14,17). The summed E-state index contributed by atoms with van der Waals surface area (Å²) in [5.41, 5.74) is 5.31. The van der Waals surface area contributed by atoms with E-state index in [-0.39, 0.29) is 29.4 Å².